The molecule has 1 atom stereocenters. The number of nitrogens with one attached hydrogen (secondary N) is 1. The molecule has 0 aliphatic rings. The smallest absolute Gasteiger partial charge is 0.127 e. The van der Waals surface area contributed by atoms with E-state index in [1.54, 1.807) is 18.2 Å². The maximum Gasteiger partial charge on any atom is 0.127 e. The zero-order chi connectivity index (χ0) is 15.4. The van der Waals surface area contributed by atoms with Crippen LogP contribution in [0.15, 0.2) is 36.4 Å². The third-order valence-electron chi connectivity index (χ3n) is 3.50. The molecule has 0 saturated heterocycles. The molecule has 2 aromatic rings. The molecule has 112 valence electrons. The van der Waals surface area contributed by atoms with Crippen LogP contribution in [0.4, 0.5) is 8.78 Å². The van der Waals surface area contributed by atoms with E-state index in [4.69, 9.17) is 11.6 Å². The largest absolute Gasteiger partial charge is 0.310 e. The molecule has 0 saturated carbocycles. The second-order valence-corrected chi connectivity index (χ2v) is 5.49. The van der Waals surface area contributed by atoms with Crippen LogP contribution >= 0.6 is 11.6 Å². The normalized spacial score (nSPS) is 12.4. The molecule has 2 rings (SSSR count). The summed E-state index contributed by atoms with van der Waals surface area (Å²) in [5, 5.41) is 3.71. The lowest BCUT2D eigenvalue weighted by atomic mass is 9.95. The van der Waals surface area contributed by atoms with E-state index in [0.717, 1.165) is 17.7 Å². The van der Waals surface area contributed by atoms with Gasteiger partial charge in [-0.2, -0.15) is 0 Å². The molecule has 0 radical (unpaired) electrons. The number of benzene rings is 2. The van der Waals surface area contributed by atoms with Crippen LogP contribution in [0.2, 0.25) is 5.02 Å². The van der Waals surface area contributed by atoms with Crippen molar-refractivity contribution in [3.05, 3.63) is 69.7 Å². The first-order chi connectivity index (χ1) is 10.0. The van der Waals surface area contributed by atoms with E-state index in [1.165, 1.54) is 18.2 Å². The highest BCUT2D eigenvalue weighted by Gasteiger charge is 2.16. The molecule has 4 heteroatoms. The summed E-state index contributed by atoms with van der Waals surface area (Å²) in [6, 6.07) is 9.32. The summed E-state index contributed by atoms with van der Waals surface area (Å²) in [6.07, 6.45) is 0.489. The molecule has 1 nitrogen and oxygen atoms in total. The molecule has 0 spiro atoms. The lowest BCUT2D eigenvalue weighted by Gasteiger charge is -2.21. The number of aryl methyl sites for hydroxylation is 1. The SMILES string of the molecule is CCNC(Cc1ccc(Cl)cc1F)c1ccc(F)cc1C. The van der Waals surface area contributed by atoms with Crippen molar-refractivity contribution < 1.29 is 8.78 Å². The Bertz CT molecular complexity index is 628. The Kier molecular flexibility index (Phi) is 5.32. The first-order valence-corrected chi connectivity index (χ1v) is 7.32. The zero-order valence-electron chi connectivity index (χ0n) is 12.1. The van der Waals surface area contributed by atoms with Gasteiger partial charge in [0.15, 0.2) is 0 Å². The number of halogens is 3. The van der Waals surface area contributed by atoms with Crippen molar-refractivity contribution in [1.82, 2.24) is 5.32 Å². The minimum atomic E-state index is -0.315. The summed E-state index contributed by atoms with van der Waals surface area (Å²) in [5.74, 6) is -0.575. The minimum Gasteiger partial charge on any atom is -0.310 e. The lowest BCUT2D eigenvalue weighted by Crippen LogP contribution is -2.24. The van der Waals surface area contributed by atoms with Gasteiger partial charge in [-0.15, -0.1) is 0 Å². The van der Waals surface area contributed by atoms with E-state index in [0.29, 0.717) is 17.0 Å². The third-order valence-corrected chi connectivity index (χ3v) is 3.73. The van der Waals surface area contributed by atoms with Gasteiger partial charge >= 0.3 is 0 Å². The molecule has 0 aliphatic heterocycles. The van der Waals surface area contributed by atoms with Crippen LogP contribution in [0.1, 0.15) is 29.7 Å². The van der Waals surface area contributed by atoms with Crippen molar-refractivity contribution >= 4 is 11.6 Å². The highest BCUT2D eigenvalue weighted by molar-refractivity contribution is 6.30. The van der Waals surface area contributed by atoms with Gasteiger partial charge < -0.3 is 5.32 Å². The summed E-state index contributed by atoms with van der Waals surface area (Å²) < 4.78 is 27.2. The van der Waals surface area contributed by atoms with Gasteiger partial charge in [-0.3, -0.25) is 0 Å². The topological polar surface area (TPSA) is 12.0 Å². The molecule has 1 N–H and O–H groups in total. The van der Waals surface area contributed by atoms with E-state index in [-0.39, 0.29) is 17.7 Å². The average molecular weight is 310 g/mol. The van der Waals surface area contributed by atoms with Crippen LogP contribution in [-0.4, -0.2) is 6.54 Å². The molecule has 0 aromatic heterocycles. The van der Waals surface area contributed by atoms with E-state index in [9.17, 15) is 8.78 Å². The number of likely N-dealkylation sites (N-methyl/N-ethyl adjacent to an activating group) is 1. The molecular weight excluding hydrogens is 292 g/mol. The predicted octanol–water partition coefficient (Wildman–Crippen LogP) is 4.82. The van der Waals surface area contributed by atoms with Crippen LogP contribution in [-0.2, 0) is 6.42 Å². The Labute approximate surface area is 128 Å². The molecular formula is C17H18ClF2N. The van der Waals surface area contributed by atoms with E-state index >= 15 is 0 Å². The Balaban J connectivity index is 2.30. The van der Waals surface area contributed by atoms with Crippen LogP contribution in [0.5, 0.6) is 0 Å². The second kappa shape index (κ2) is 7.01. The molecule has 0 aliphatic carbocycles. The maximum absolute atomic E-state index is 14.0. The summed E-state index contributed by atoms with van der Waals surface area (Å²) in [7, 11) is 0. The highest BCUT2D eigenvalue weighted by atomic mass is 35.5. The fraction of sp³-hybridized carbons (Fsp3) is 0.294. The van der Waals surface area contributed by atoms with Crippen molar-refractivity contribution in [2.75, 3.05) is 6.54 Å². The third kappa shape index (κ3) is 4.02. The number of rotatable bonds is 5. The summed E-state index contributed by atoms with van der Waals surface area (Å²) >= 11 is 5.78. The van der Waals surface area contributed by atoms with Crippen LogP contribution in [0, 0.1) is 18.6 Å². The molecule has 0 amide bonds. The Morgan fingerprint density at radius 2 is 1.90 bits per heavy atom. The van der Waals surface area contributed by atoms with Crippen molar-refractivity contribution in [1.29, 1.82) is 0 Å². The van der Waals surface area contributed by atoms with Crippen LogP contribution in [0.3, 0.4) is 0 Å². The fourth-order valence-corrected chi connectivity index (χ4v) is 2.63. The van der Waals surface area contributed by atoms with Gasteiger partial charge in [0, 0.05) is 11.1 Å². The van der Waals surface area contributed by atoms with Gasteiger partial charge in [0.25, 0.3) is 0 Å². The molecule has 0 heterocycles. The lowest BCUT2D eigenvalue weighted by molar-refractivity contribution is 0.524. The summed E-state index contributed by atoms with van der Waals surface area (Å²) in [4.78, 5) is 0. The Morgan fingerprint density at radius 3 is 2.52 bits per heavy atom. The van der Waals surface area contributed by atoms with Crippen LogP contribution in [0.25, 0.3) is 0 Å². The van der Waals surface area contributed by atoms with Crippen LogP contribution < -0.4 is 5.32 Å². The van der Waals surface area contributed by atoms with Gasteiger partial charge in [0.2, 0.25) is 0 Å². The molecule has 1 unspecified atom stereocenters. The van der Waals surface area contributed by atoms with Gasteiger partial charge in [0.1, 0.15) is 11.6 Å². The zero-order valence-corrected chi connectivity index (χ0v) is 12.8. The first kappa shape index (κ1) is 15.9. The average Bonchev–Trinajstić information content (AvgIpc) is 2.41. The standard InChI is InChI=1S/C17H18ClF2N/c1-3-21-17(15-7-6-14(19)8-11(15)2)9-12-4-5-13(18)10-16(12)20/h4-8,10,17,21H,3,9H2,1-2H3. The molecule has 0 fully saturated rings. The van der Waals surface area contributed by atoms with Crippen molar-refractivity contribution in [2.45, 2.75) is 26.3 Å². The Hall–Kier alpha value is -1.45. The number of hydrogen-bond acceptors (Lipinski definition) is 1. The van der Waals surface area contributed by atoms with E-state index in [2.05, 4.69) is 5.32 Å². The summed E-state index contributed by atoms with van der Waals surface area (Å²) in [6.45, 7) is 4.60. The highest BCUT2D eigenvalue weighted by Crippen LogP contribution is 2.25. The Morgan fingerprint density at radius 1 is 1.14 bits per heavy atom. The van der Waals surface area contributed by atoms with E-state index < -0.39 is 0 Å². The van der Waals surface area contributed by atoms with Gasteiger partial charge in [-0.1, -0.05) is 30.7 Å². The van der Waals surface area contributed by atoms with Crippen molar-refractivity contribution in [2.24, 2.45) is 0 Å². The van der Waals surface area contributed by atoms with Crippen molar-refractivity contribution in [3.8, 4) is 0 Å². The van der Waals surface area contributed by atoms with Gasteiger partial charge in [0.05, 0.1) is 0 Å². The number of hydrogen-bond donors (Lipinski definition) is 1. The predicted molar refractivity (Wildman–Crippen MR) is 82.7 cm³/mol. The van der Waals surface area contributed by atoms with Gasteiger partial charge in [-0.25, -0.2) is 8.78 Å². The molecule has 21 heavy (non-hydrogen) atoms. The quantitative estimate of drug-likeness (QED) is 0.835. The summed E-state index contributed by atoms with van der Waals surface area (Å²) in [5.41, 5.74) is 2.43. The second-order valence-electron chi connectivity index (χ2n) is 5.05. The van der Waals surface area contributed by atoms with E-state index in [1.807, 2.05) is 13.8 Å². The van der Waals surface area contributed by atoms with Gasteiger partial charge in [-0.05, 0) is 60.8 Å². The molecule has 2 aromatic carbocycles. The fourth-order valence-electron chi connectivity index (χ4n) is 2.48. The molecule has 0 bridgehead atoms. The first-order valence-electron chi connectivity index (χ1n) is 6.94. The minimum absolute atomic E-state index is 0.0636. The maximum atomic E-state index is 14.0. The van der Waals surface area contributed by atoms with Crippen molar-refractivity contribution in [3.63, 3.8) is 0 Å². The monoisotopic (exact) mass is 309 g/mol.